The Hall–Kier alpha value is -2.18. The van der Waals surface area contributed by atoms with Crippen molar-refractivity contribution in [2.75, 3.05) is 6.54 Å². The zero-order valence-electron chi connectivity index (χ0n) is 15.5. The summed E-state index contributed by atoms with van der Waals surface area (Å²) in [6.07, 6.45) is 2.09. The number of rotatable bonds is 5. The van der Waals surface area contributed by atoms with Gasteiger partial charge in [-0.3, -0.25) is 4.79 Å². The molecule has 0 bridgehead atoms. The van der Waals surface area contributed by atoms with Gasteiger partial charge in [0, 0.05) is 11.4 Å². The smallest absolute Gasteiger partial charge is 0.266 e. The zero-order valence-corrected chi connectivity index (χ0v) is 17.1. The van der Waals surface area contributed by atoms with Gasteiger partial charge in [-0.25, -0.2) is 4.98 Å². The number of carbonyl (C=O) groups is 1. The maximum Gasteiger partial charge on any atom is 0.266 e. The van der Waals surface area contributed by atoms with Crippen LogP contribution in [0.25, 0.3) is 0 Å². The van der Waals surface area contributed by atoms with E-state index in [0.29, 0.717) is 6.61 Å². The van der Waals surface area contributed by atoms with Crippen LogP contribution in [0.4, 0.5) is 0 Å². The van der Waals surface area contributed by atoms with Crippen molar-refractivity contribution in [1.82, 2.24) is 9.88 Å². The number of benzene rings is 1. The molecule has 0 spiro atoms. The largest absolute Gasteiger partial charge is 0.486 e. The van der Waals surface area contributed by atoms with Crippen LogP contribution >= 0.6 is 22.7 Å². The second-order valence-electron chi connectivity index (χ2n) is 6.80. The quantitative estimate of drug-likeness (QED) is 0.580. The molecule has 1 aliphatic heterocycles. The fraction of sp³-hybridized carbons (Fsp3) is 0.333. The number of amides is 1. The molecule has 1 aliphatic rings. The van der Waals surface area contributed by atoms with E-state index in [4.69, 9.17) is 4.74 Å². The first-order chi connectivity index (χ1) is 13.1. The van der Waals surface area contributed by atoms with Gasteiger partial charge in [0.15, 0.2) is 0 Å². The first-order valence-corrected chi connectivity index (χ1v) is 10.8. The molecule has 1 fully saturated rings. The summed E-state index contributed by atoms with van der Waals surface area (Å²) in [4.78, 5) is 21.7. The van der Waals surface area contributed by atoms with Crippen LogP contribution in [0.5, 0.6) is 5.75 Å². The van der Waals surface area contributed by atoms with E-state index in [-0.39, 0.29) is 11.9 Å². The van der Waals surface area contributed by atoms with Gasteiger partial charge in [0.2, 0.25) is 0 Å². The Labute approximate surface area is 167 Å². The van der Waals surface area contributed by atoms with E-state index in [9.17, 15) is 4.79 Å². The number of aromatic nitrogens is 1. The molecule has 140 valence electrons. The van der Waals surface area contributed by atoms with Gasteiger partial charge in [0.25, 0.3) is 5.91 Å². The maximum atomic E-state index is 13.2. The van der Waals surface area contributed by atoms with E-state index >= 15 is 0 Å². The number of likely N-dealkylation sites (tertiary alicyclic amines) is 1. The predicted octanol–water partition coefficient (Wildman–Crippen LogP) is 5.38. The van der Waals surface area contributed by atoms with Crippen LogP contribution < -0.4 is 4.74 Å². The van der Waals surface area contributed by atoms with Crippen LogP contribution in [-0.4, -0.2) is 22.3 Å². The van der Waals surface area contributed by atoms with E-state index in [2.05, 4.69) is 22.5 Å². The molecule has 27 heavy (non-hydrogen) atoms. The summed E-state index contributed by atoms with van der Waals surface area (Å²) in [7, 11) is 0. The monoisotopic (exact) mass is 398 g/mol. The second kappa shape index (κ2) is 7.82. The van der Waals surface area contributed by atoms with Crippen LogP contribution in [0, 0.1) is 13.8 Å². The third-order valence-electron chi connectivity index (χ3n) is 4.80. The minimum absolute atomic E-state index is 0.0995. The Morgan fingerprint density at radius 3 is 2.81 bits per heavy atom. The number of nitrogens with zero attached hydrogens (tertiary/aromatic N) is 2. The van der Waals surface area contributed by atoms with Gasteiger partial charge in [-0.2, -0.15) is 0 Å². The first-order valence-electron chi connectivity index (χ1n) is 9.12. The lowest BCUT2D eigenvalue weighted by atomic mass is 10.2. The predicted molar refractivity (Wildman–Crippen MR) is 110 cm³/mol. The molecule has 3 aromatic rings. The van der Waals surface area contributed by atoms with Gasteiger partial charge in [0.05, 0.1) is 11.7 Å². The molecule has 4 nitrogen and oxygen atoms in total. The summed E-state index contributed by atoms with van der Waals surface area (Å²) in [6, 6.07) is 12.3. The topological polar surface area (TPSA) is 42.4 Å². The van der Waals surface area contributed by atoms with Crippen LogP contribution in [-0.2, 0) is 6.61 Å². The third-order valence-corrected chi connectivity index (χ3v) is 6.90. The van der Waals surface area contributed by atoms with Crippen molar-refractivity contribution in [3.8, 4) is 5.75 Å². The molecule has 0 N–H and O–H groups in total. The number of thiazole rings is 1. The molecule has 4 rings (SSSR count). The lowest BCUT2D eigenvalue weighted by molar-refractivity contribution is 0.0742. The number of thiophene rings is 1. The molecule has 1 saturated heterocycles. The molecular formula is C21H22N2O2S2. The Bertz CT molecular complexity index is 916. The number of hydrogen-bond acceptors (Lipinski definition) is 5. The molecule has 0 saturated carbocycles. The van der Waals surface area contributed by atoms with Gasteiger partial charge in [0.1, 0.15) is 22.2 Å². The molecule has 2 aromatic heterocycles. The van der Waals surface area contributed by atoms with Crippen LogP contribution in [0.3, 0.4) is 0 Å². The Morgan fingerprint density at radius 1 is 1.26 bits per heavy atom. The normalized spacial score (nSPS) is 16.7. The molecular weight excluding hydrogens is 376 g/mol. The summed E-state index contributed by atoms with van der Waals surface area (Å²) in [5.74, 6) is 0.918. The summed E-state index contributed by atoms with van der Waals surface area (Å²) in [5, 5.41) is 2.91. The minimum Gasteiger partial charge on any atom is -0.486 e. The molecule has 1 amide bonds. The summed E-state index contributed by atoms with van der Waals surface area (Å²) >= 11 is 3.18. The maximum absolute atomic E-state index is 13.2. The van der Waals surface area contributed by atoms with Crippen molar-refractivity contribution in [3.63, 3.8) is 0 Å². The number of aryl methyl sites for hydroxylation is 2. The van der Waals surface area contributed by atoms with E-state index in [1.54, 1.807) is 11.3 Å². The molecule has 1 unspecified atom stereocenters. The molecule has 0 radical (unpaired) electrons. The summed E-state index contributed by atoms with van der Waals surface area (Å²) in [5.41, 5.74) is 2.00. The fourth-order valence-corrected chi connectivity index (χ4v) is 5.22. The molecule has 0 aliphatic carbocycles. The van der Waals surface area contributed by atoms with E-state index < -0.39 is 0 Å². The summed E-state index contributed by atoms with van der Waals surface area (Å²) < 4.78 is 5.83. The minimum atomic E-state index is 0.0995. The Morgan fingerprint density at radius 2 is 2.07 bits per heavy atom. The lowest BCUT2D eigenvalue weighted by Crippen LogP contribution is -2.30. The van der Waals surface area contributed by atoms with Gasteiger partial charge in [-0.1, -0.05) is 23.8 Å². The van der Waals surface area contributed by atoms with Crippen molar-refractivity contribution in [3.05, 3.63) is 67.8 Å². The van der Waals surface area contributed by atoms with Crippen molar-refractivity contribution < 1.29 is 9.53 Å². The number of carbonyl (C=O) groups excluding carboxylic acids is 1. The molecule has 1 atom stereocenters. The number of ether oxygens (including phenoxy) is 1. The van der Waals surface area contributed by atoms with Crippen molar-refractivity contribution in [2.45, 2.75) is 39.3 Å². The summed E-state index contributed by atoms with van der Waals surface area (Å²) in [6.45, 7) is 5.16. The highest BCUT2D eigenvalue weighted by Gasteiger charge is 2.33. The van der Waals surface area contributed by atoms with Crippen LogP contribution in [0.15, 0.2) is 41.8 Å². The van der Waals surface area contributed by atoms with Crippen molar-refractivity contribution >= 4 is 28.6 Å². The Kier molecular flexibility index (Phi) is 5.27. The van der Waals surface area contributed by atoms with Crippen molar-refractivity contribution in [1.29, 1.82) is 0 Å². The highest BCUT2D eigenvalue weighted by molar-refractivity contribution is 7.13. The van der Waals surface area contributed by atoms with E-state index in [1.165, 1.54) is 21.8 Å². The van der Waals surface area contributed by atoms with Gasteiger partial charge in [-0.05, 0) is 50.3 Å². The molecule has 6 heteroatoms. The van der Waals surface area contributed by atoms with Crippen LogP contribution in [0.2, 0.25) is 0 Å². The second-order valence-corrected chi connectivity index (χ2v) is 8.86. The van der Waals surface area contributed by atoms with Crippen molar-refractivity contribution in [2.24, 2.45) is 0 Å². The highest BCUT2D eigenvalue weighted by atomic mass is 32.1. The SMILES string of the molecule is Cc1ccc(OCc2nc(C)c(C(=O)N3CCCC3c3cccs3)s2)cc1. The average Bonchev–Trinajstić information content (AvgIpc) is 3.41. The van der Waals surface area contributed by atoms with Gasteiger partial charge < -0.3 is 9.64 Å². The average molecular weight is 399 g/mol. The lowest BCUT2D eigenvalue weighted by Gasteiger charge is -2.23. The molecule has 1 aromatic carbocycles. The van der Waals surface area contributed by atoms with Crippen LogP contribution in [0.1, 0.15) is 49.7 Å². The zero-order chi connectivity index (χ0) is 18.8. The van der Waals surface area contributed by atoms with E-state index in [0.717, 1.165) is 40.7 Å². The fourth-order valence-electron chi connectivity index (χ4n) is 3.41. The highest BCUT2D eigenvalue weighted by Crippen LogP contribution is 2.36. The standard InChI is InChI=1S/C21H22N2O2S2/c1-14-7-9-16(10-8-14)25-13-19-22-15(2)20(27-19)21(24)23-11-3-5-17(23)18-6-4-12-26-18/h4,6-10,12,17H,3,5,11,13H2,1-2H3. The van der Waals surface area contributed by atoms with E-state index in [1.807, 2.05) is 43.0 Å². The third kappa shape index (κ3) is 3.92. The van der Waals surface area contributed by atoms with Gasteiger partial charge >= 0.3 is 0 Å². The van der Waals surface area contributed by atoms with Gasteiger partial charge in [-0.15, -0.1) is 22.7 Å². The Balaban J connectivity index is 1.47. The molecule has 3 heterocycles. The number of hydrogen-bond donors (Lipinski definition) is 0. The first kappa shape index (κ1) is 18.2.